The molecule has 1 aliphatic heterocycles. The van der Waals surface area contributed by atoms with Crippen LogP contribution in [-0.2, 0) is 20.7 Å². The minimum atomic E-state index is -0.769. The number of hydrogen-bond acceptors (Lipinski definition) is 4. The summed E-state index contributed by atoms with van der Waals surface area (Å²) in [6.45, 7) is 2.49. The molecule has 2 rings (SSSR count). The summed E-state index contributed by atoms with van der Waals surface area (Å²) < 4.78 is 10.3. The molecule has 0 aliphatic carbocycles. The fourth-order valence-corrected chi connectivity index (χ4v) is 2.21. The molecular formula is C13H17NO3. The van der Waals surface area contributed by atoms with Gasteiger partial charge in [0, 0.05) is 19.2 Å². The highest BCUT2D eigenvalue weighted by Gasteiger charge is 2.45. The molecule has 1 atom stereocenters. The van der Waals surface area contributed by atoms with Crippen LogP contribution in [0.1, 0.15) is 12.5 Å². The van der Waals surface area contributed by atoms with Crippen LogP contribution in [0.5, 0.6) is 0 Å². The number of anilines is 1. The van der Waals surface area contributed by atoms with Crippen LogP contribution in [0.15, 0.2) is 24.3 Å². The second-order valence-electron chi connectivity index (χ2n) is 4.19. The quantitative estimate of drug-likeness (QED) is 0.805. The van der Waals surface area contributed by atoms with Gasteiger partial charge in [0.25, 0.3) is 0 Å². The van der Waals surface area contributed by atoms with Crippen LogP contribution >= 0.6 is 0 Å². The fraction of sp³-hybridized carbons (Fsp3) is 0.462. The van der Waals surface area contributed by atoms with Gasteiger partial charge in [-0.1, -0.05) is 18.2 Å². The molecule has 1 unspecified atom stereocenters. The van der Waals surface area contributed by atoms with Crippen molar-refractivity contribution in [2.45, 2.75) is 18.9 Å². The number of fused-ring (bicyclic) bond motifs is 1. The third kappa shape index (κ3) is 2.13. The number of carbonyl (C=O) groups excluding carboxylic acids is 1. The first-order chi connectivity index (χ1) is 8.22. The molecule has 0 bridgehead atoms. The zero-order valence-corrected chi connectivity index (χ0v) is 10.2. The van der Waals surface area contributed by atoms with Crippen LogP contribution in [0.2, 0.25) is 0 Å². The molecule has 0 amide bonds. The molecule has 0 saturated heterocycles. The van der Waals surface area contributed by atoms with Crippen molar-refractivity contribution in [3.05, 3.63) is 29.8 Å². The minimum absolute atomic E-state index is 0.252. The normalized spacial score (nSPS) is 21.8. The predicted octanol–water partition coefficient (Wildman–Crippen LogP) is 1.60. The van der Waals surface area contributed by atoms with Crippen molar-refractivity contribution in [3.63, 3.8) is 0 Å². The number of para-hydroxylation sites is 1. The predicted molar refractivity (Wildman–Crippen MR) is 65.0 cm³/mol. The maximum atomic E-state index is 12.1. The number of hydrogen-bond donors (Lipinski definition) is 1. The van der Waals surface area contributed by atoms with Gasteiger partial charge in [0.15, 0.2) is 5.54 Å². The Morgan fingerprint density at radius 1 is 1.47 bits per heavy atom. The molecule has 1 N–H and O–H groups in total. The van der Waals surface area contributed by atoms with Crippen LogP contribution in [0, 0.1) is 0 Å². The number of methoxy groups -OCH3 is 1. The van der Waals surface area contributed by atoms with Crippen molar-refractivity contribution in [2.75, 3.05) is 25.6 Å². The average Bonchev–Trinajstić information content (AvgIpc) is 2.69. The lowest BCUT2D eigenvalue weighted by Crippen LogP contribution is -2.50. The molecule has 0 spiro atoms. The molecule has 0 saturated carbocycles. The summed E-state index contributed by atoms with van der Waals surface area (Å²) in [6.07, 6.45) is 0.607. The Morgan fingerprint density at radius 2 is 2.24 bits per heavy atom. The molecular weight excluding hydrogens is 218 g/mol. The average molecular weight is 235 g/mol. The van der Waals surface area contributed by atoms with Gasteiger partial charge in [-0.2, -0.15) is 0 Å². The monoisotopic (exact) mass is 235 g/mol. The van der Waals surface area contributed by atoms with Gasteiger partial charge in [-0.25, -0.2) is 4.79 Å². The molecule has 92 valence electrons. The zero-order chi connectivity index (χ0) is 12.3. The van der Waals surface area contributed by atoms with Gasteiger partial charge >= 0.3 is 5.97 Å². The number of rotatable bonds is 4. The van der Waals surface area contributed by atoms with Gasteiger partial charge in [0.1, 0.15) is 0 Å². The van der Waals surface area contributed by atoms with Gasteiger partial charge in [0.2, 0.25) is 0 Å². The van der Waals surface area contributed by atoms with Crippen molar-refractivity contribution < 1.29 is 14.3 Å². The molecule has 0 fully saturated rings. The van der Waals surface area contributed by atoms with E-state index in [0.717, 1.165) is 11.3 Å². The van der Waals surface area contributed by atoms with E-state index in [1.54, 1.807) is 14.0 Å². The van der Waals surface area contributed by atoms with Gasteiger partial charge in [-0.3, -0.25) is 0 Å². The summed E-state index contributed by atoms with van der Waals surface area (Å²) in [6, 6.07) is 7.89. The Kier molecular flexibility index (Phi) is 3.33. The van der Waals surface area contributed by atoms with Crippen LogP contribution in [-0.4, -0.2) is 31.8 Å². The van der Waals surface area contributed by atoms with Crippen molar-refractivity contribution in [1.82, 2.24) is 0 Å². The van der Waals surface area contributed by atoms with Crippen LogP contribution in [0.4, 0.5) is 5.69 Å². The smallest absolute Gasteiger partial charge is 0.334 e. The second kappa shape index (κ2) is 4.75. The zero-order valence-electron chi connectivity index (χ0n) is 10.2. The summed E-state index contributed by atoms with van der Waals surface area (Å²) >= 11 is 0. The van der Waals surface area contributed by atoms with E-state index < -0.39 is 5.54 Å². The lowest BCUT2D eigenvalue weighted by atomic mass is 9.96. The molecule has 1 heterocycles. The Labute approximate surface area is 101 Å². The number of benzene rings is 1. The molecule has 4 heteroatoms. The fourth-order valence-electron chi connectivity index (χ4n) is 2.21. The third-order valence-corrected chi connectivity index (χ3v) is 2.94. The summed E-state index contributed by atoms with van der Waals surface area (Å²) in [5.41, 5.74) is 1.34. The first kappa shape index (κ1) is 11.9. The second-order valence-corrected chi connectivity index (χ2v) is 4.19. The van der Waals surface area contributed by atoms with Crippen molar-refractivity contribution in [1.29, 1.82) is 0 Å². The van der Waals surface area contributed by atoms with E-state index in [9.17, 15) is 4.79 Å². The summed E-state index contributed by atoms with van der Waals surface area (Å²) in [7, 11) is 1.59. The van der Waals surface area contributed by atoms with Crippen molar-refractivity contribution >= 4 is 11.7 Å². The number of carbonyl (C=O) groups is 1. The summed E-state index contributed by atoms with van der Waals surface area (Å²) in [4.78, 5) is 12.1. The molecule has 1 aromatic rings. The van der Waals surface area contributed by atoms with Gasteiger partial charge < -0.3 is 14.8 Å². The minimum Gasteiger partial charge on any atom is -0.464 e. The van der Waals surface area contributed by atoms with E-state index in [1.807, 2.05) is 24.3 Å². The maximum absolute atomic E-state index is 12.1. The third-order valence-electron chi connectivity index (χ3n) is 2.94. The van der Waals surface area contributed by atoms with Crippen molar-refractivity contribution in [3.8, 4) is 0 Å². The first-order valence-corrected chi connectivity index (χ1v) is 5.74. The Morgan fingerprint density at radius 3 is 2.88 bits per heavy atom. The van der Waals surface area contributed by atoms with Crippen LogP contribution < -0.4 is 5.32 Å². The largest absolute Gasteiger partial charge is 0.464 e. The number of esters is 1. The van der Waals surface area contributed by atoms with Gasteiger partial charge in [0.05, 0.1) is 13.2 Å². The van der Waals surface area contributed by atoms with Crippen molar-refractivity contribution in [2.24, 2.45) is 0 Å². The van der Waals surface area contributed by atoms with E-state index >= 15 is 0 Å². The van der Waals surface area contributed by atoms with Crippen LogP contribution in [0.3, 0.4) is 0 Å². The van der Waals surface area contributed by atoms with E-state index in [4.69, 9.17) is 9.47 Å². The maximum Gasteiger partial charge on any atom is 0.334 e. The Balaban J connectivity index is 2.25. The van der Waals surface area contributed by atoms with Gasteiger partial charge in [-0.15, -0.1) is 0 Å². The van der Waals surface area contributed by atoms with Gasteiger partial charge in [-0.05, 0) is 18.6 Å². The SMILES string of the molecule is CCOC(=O)C1(COC)Cc2ccccc2N1. The molecule has 17 heavy (non-hydrogen) atoms. The highest BCUT2D eigenvalue weighted by atomic mass is 16.5. The lowest BCUT2D eigenvalue weighted by Gasteiger charge is -2.26. The topological polar surface area (TPSA) is 47.6 Å². The Hall–Kier alpha value is -1.55. The molecule has 0 aromatic heterocycles. The Bertz CT molecular complexity index is 392. The molecule has 1 aromatic carbocycles. The lowest BCUT2D eigenvalue weighted by molar-refractivity contribution is -0.150. The van der Waals surface area contributed by atoms with E-state index in [2.05, 4.69) is 5.32 Å². The van der Waals surface area contributed by atoms with E-state index in [-0.39, 0.29) is 5.97 Å². The summed E-state index contributed by atoms with van der Waals surface area (Å²) in [5, 5.41) is 3.23. The highest BCUT2D eigenvalue weighted by Crippen LogP contribution is 2.33. The number of ether oxygens (including phenoxy) is 2. The molecule has 4 nitrogen and oxygen atoms in total. The van der Waals surface area contributed by atoms with Crippen LogP contribution in [0.25, 0.3) is 0 Å². The van der Waals surface area contributed by atoms with E-state index in [0.29, 0.717) is 19.6 Å². The van der Waals surface area contributed by atoms with E-state index in [1.165, 1.54) is 0 Å². The molecule has 0 radical (unpaired) electrons. The molecule has 1 aliphatic rings. The first-order valence-electron chi connectivity index (χ1n) is 5.74. The standard InChI is InChI=1S/C13H17NO3/c1-3-17-12(15)13(9-16-2)8-10-6-4-5-7-11(10)14-13/h4-7,14H,3,8-9H2,1-2H3. The number of nitrogens with one attached hydrogen (secondary N) is 1. The summed E-state index contributed by atoms with van der Waals surface area (Å²) in [5.74, 6) is -0.252. The highest BCUT2D eigenvalue weighted by molar-refractivity contribution is 5.88.